The van der Waals surface area contributed by atoms with Crippen molar-refractivity contribution in [2.45, 2.75) is 95.1 Å². The van der Waals surface area contributed by atoms with E-state index in [1.54, 1.807) is 0 Å². The third-order valence-corrected chi connectivity index (χ3v) is 7.97. The normalized spacial score (nSPS) is 21.0. The first kappa shape index (κ1) is 20.3. The summed E-state index contributed by atoms with van der Waals surface area (Å²) in [6, 6.07) is 9.05. The van der Waals surface area contributed by atoms with Crippen LogP contribution in [-0.2, 0) is 0 Å². The summed E-state index contributed by atoms with van der Waals surface area (Å²) in [5.41, 5.74) is 1.13. The summed E-state index contributed by atoms with van der Waals surface area (Å²) in [4.78, 5) is 20.9. The van der Waals surface area contributed by atoms with Crippen LogP contribution >= 0.6 is 15.9 Å². The molecule has 0 atom stereocenters. The second-order valence-corrected chi connectivity index (χ2v) is 10.2. The zero-order chi connectivity index (χ0) is 20.5. The molecule has 0 saturated heterocycles. The molecule has 1 aromatic carbocycles. The van der Waals surface area contributed by atoms with Crippen molar-refractivity contribution in [3.8, 4) is 0 Å². The fourth-order valence-electron chi connectivity index (χ4n) is 5.31. The monoisotopic (exact) mass is 469 g/mol. The summed E-state index contributed by atoms with van der Waals surface area (Å²) >= 11 is 3.84. The summed E-state index contributed by atoms with van der Waals surface area (Å²) in [6.45, 7) is 0. The van der Waals surface area contributed by atoms with Gasteiger partial charge in [-0.1, -0.05) is 62.8 Å². The van der Waals surface area contributed by atoms with Crippen LogP contribution in [-0.4, -0.2) is 23.1 Å². The van der Waals surface area contributed by atoms with E-state index in [1.807, 2.05) is 0 Å². The summed E-state index contributed by atoms with van der Waals surface area (Å²) in [7, 11) is 0. The molecule has 2 aromatic rings. The van der Waals surface area contributed by atoms with E-state index < -0.39 is 0 Å². The Hall–Kier alpha value is -1.62. The molecule has 4 nitrogen and oxygen atoms in total. The van der Waals surface area contributed by atoms with E-state index in [0.717, 1.165) is 47.1 Å². The van der Waals surface area contributed by atoms with Crippen molar-refractivity contribution in [2.24, 2.45) is 0 Å². The molecule has 1 N–H and O–H groups in total. The average Bonchev–Trinajstić information content (AvgIpc) is 3.62. The molecule has 3 saturated carbocycles. The van der Waals surface area contributed by atoms with Gasteiger partial charge in [-0.15, -0.1) is 0 Å². The van der Waals surface area contributed by atoms with Crippen molar-refractivity contribution >= 4 is 38.6 Å². The zero-order valence-corrected chi connectivity index (χ0v) is 19.3. The smallest absolute Gasteiger partial charge is 0.323 e. The number of carbonyl (C=O) groups is 1. The Bertz CT molecular complexity index is 914. The Balaban J connectivity index is 1.57. The van der Waals surface area contributed by atoms with E-state index in [-0.39, 0.29) is 12.1 Å². The maximum Gasteiger partial charge on any atom is 0.323 e. The fourth-order valence-corrected chi connectivity index (χ4v) is 6.07. The molecule has 3 aliphatic carbocycles. The highest BCUT2D eigenvalue weighted by atomic mass is 79.9. The Morgan fingerprint density at radius 2 is 1.53 bits per heavy atom. The van der Waals surface area contributed by atoms with E-state index in [0.29, 0.717) is 12.0 Å². The maximum absolute atomic E-state index is 13.7. The molecule has 3 aliphatic rings. The Labute approximate surface area is 187 Å². The number of pyridine rings is 1. The number of hydrogen-bond donors (Lipinski definition) is 1. The van der Waals surface area contributed by atoms with Crippen molar-refractivity contribution in [2.75, 3.05) is 4.90 Å². The standard InChI is InChI=1S/C25H32BrN3O/c26-22-20-13-7-8-14-21(20)24(28-23(22)17-15-16-17)29(19-11-5-2-6-12-19)25(30)27-18-9-3-1-4-10-18/h7-8,13-14,17-19H,1-6,9-12,15-16H2,(H,27,30). The molecule has 1 aromatic heterocycles. The lowest BCUT2D eigenvalue weighted by atomic mass is 9.93. The van der Waals surface area contributed by atoms with Crippen LogP contribution in [0.15, 0.2) is 28.7 Å². The molecule has 2 amide bonds. The van der Waals surface area contributed by atoms with Gasteiger partial charge in [0, 0.05) is 33.2 Å². The van der Waals surface area contributed by atoms with E-state index in [4.69, 9.17) is 4.98 Å². The van der Waals surface area contributed by atoms with Gasteiger partial charge < -0.3 is 5.32 Å². The lowest BCUT2D eigenvalue weighted by Gasteiger charge is -2.36. The summed E-state index contributed by atoms with van der Waals surface area (Å²) in [6.07, 6.45) is 14.1. The molecule has 0 aliphatic heterocycles. The third kappa shape index (κ3) is 4.10. The topological polar surface area (TPSA) is 45.2 Å². The van der Waals surface area contributed by atoms with Crippen LogP contribution in [0.4, 0.5) is 10.6 Å². The number of fused-ring (bicyclic) bond motifs is 1. The quantitative estimate of drug-likeness (QED) is 0.520. The van der Waals surface area contributed by atoms with E-state index in [1.165, 1.54) is 56.8 Å². The molecule has 0 radical (unpaired) electrons. The van der Waals surface area contributed by atoms with Gasteiger partial charge in [0.1, 0.15) is 5.82 Å². The van der Waals surface area contributed by atoms with Gasteiger partial charge in [-0.05, 0) is 54.5 Å². The lowest BCUT2D eigenvalue weighted by molar-refractivity contribution is 0.233. The number of carbonyl (C=O) groups excluding carboxylic acids is 1. The lowest BCUT2D eigenvalue weighted by Crippen LogP contribution is -2.51. The van der Waals surface area contributed by atoms with Crippen LogP contribution in [0.2, 0.25) is 0 Å². The molecule has 5 heteroatoms. The molecular formula is C25H32BrN3O. The number of anilines is 1. The Kier molecular flexibility index (Phi) is 5.99. The highest BCUT2D eigenvalue weighted by Crippen LogP contribution is 2.46. The molecule has 3 fully saturated rings. The number of benzene rings is 1. The van der Waals surface area contributed by atoms with Gasteiger partial charge in [0.2, 0.25) is 0 Å². The number of rotatable bonds is 4. The highest BCUT2D eigenvalue weighted by molar-refractivity contribution is 9.10. The molecule has 0 spiro atoms. The van der Waals surface area contributed by atoms with Crippen LogP contribution < -0.4 is 10.2 Å². The summed E-state index contributed by atoms with van der Waals surface area (Å²) in [5, 5.41) is 5.65. The average molecular weight is 470 g/mol. The van der Waals surface area contributed by atoms with Gasteiger partial charge >= 0.3 is 6.03 Å². The predicted molar refractivity (Wildman–Crippen MR) is 126 cm³/mol. The molecule has 1 heterocycles. The molecule has 30 heavy (non-hydrogen) atoms. The van der Waals surface area contributed by atoms with Crippen molar-refractivity contribution in [3.05, 3.63) is 34.4 Å². The number of halogens is 1. The molecular weight excluding hydrogens is 438 g/mol. The van der Waals surface area contributed by atoms with Gasteiger partial charge in [0.25, 0.3) is 0 Å². The summed E-state index contributed by atoms with van der Waals surface area (Å²) < 4.78 is 1.11. The van der Waals surface area contributed by atoms with E-state index in [9.17, 15) is 4.79 Å². The number of hydrogen-bond acceptors (Lipinski definition) is 2. The molecule has 160 valence electrons. The SMILES string of the molecule is O=C(NC1CCCCC1)N(c1nc(C2CC2)c(Br)c2ccccc12)C1CCCCC1. The van der Waals surface area contributed by atoms with Crippen molar-refractivity contribution in [3.63, 3.8) is 0 Å². The first-order valence-electron chi connectivity index (χ1n) is 11.9. The van der Waals surface area contributed by atoms with Crippen LogP contribution in [0, 0.1) is 0 Å². The molecule has 5 rings (SSSR count). The number of amides is 2. The Morgan fingerprint density at radius 3 is 2.20 bits per heavy atom. The second kappa shape index (κ2) is 8.86. The second-order valence-electron chi connectivity index (χ2n) is 9.40. The number of nitrogens with zero attached hydrogens (tertiary/aromatic N) is 2. The summed E-state index contributed by atoms with van der Waals surface area (Å²) in [5.74, 6) is 1.40. The van der Waals surface area contributed by atoms with Crippen LogP contribution in [0.1, 0.15) is 88.7 Å². The first-order chi connectivity index (χ1) is 14.7. The molecule has 0 bridgehead atoms. The number of aromatic nitrogens is 1. The minimum atomic E-state index is 0.0653. The van der Waals surface area contributed by atoms with Gasteiger partial charge in [-0.25, -0.2) is 9.78 Å². The predicted octanol–water partition coefficient (Wildman–Crippen LogP) is 7.06. The van der Waals surface area contributed by atoms with Crippen molar-refractivity contribution < 1.29 is 4.79 Å². The van der Waals surface area contributed by atoms with Gasteiger partial charge in [-0.3, -0.25) is 4.90 Å². The zero-order valence-electron chi connectivity index (χ0n) is 17.7. The van der Waals surface area contributed by atoms with Crippen LogP contribution in [0.5, 0.6) is 0 Å². The van der Waals surface area contributed by atoms with Gasteiger partial charge in [0.05, 0.1) is 5.69 Å². The fraction of sp³-hybridized carbons (Fsp3) is 0.600. The third-order valence-electron chi connectivity index (χ3n) is 7.14. The van der Waals surface area contributed by atoms with Gasteiger partial charge in [0.15, 0.2) is 0 Å². The van der Waals surface area contributed by atoms with Crippen LogP contribution in [0.25, 0.3) is 10.8 Å². The van der Waals surface area contributed by atoms with Crippen molar-refractivity contribution in [1.29, 1.82) is 0 Å². The van der Waals surface area contributed by atoms with Crippen molar-refractivity contribution in [1.82, 2.24) is 10.3 Å². The first-order valence-corrected chi connectivity index (χ1v) is 12.7. The van der Waals surface area contributed by atoms with Gasteiger partial charge in [-0.2, -0.15) is 0 Å². The maximum atomic E-state index is 13.7. The largest absolute Gasteiger partial charge is 0.335 e. The van der Waals surface area contributed by atoms with E-state index in [2.05, 4.69) is 50.4 Å². The minimum Gasteiger partial charge on any atom is -0.335 e. The van der Waals surface area contributed by atoms with E-state index >= 15 is 0 Å². The minimum absolute atomic E-state index is 0.0653. The number of urea groups is 1. The number of nitrogens with one attached hydrogen (secondary N) is 1. The highest BCUT2D eigenvalue weighted by Gasteiger charge is 2.34. The Morgan fingerprint density at radius 1 is 0.900 bits per heavy atom. The van der Waals surface area contributed by atoms with Crippen LogP contribution in [0.3, 0.4) is 0 Å². The molecule has 0 unspecified atom stereocenters.